The highest BCUT2D eigenvalue weighted by Gasteiger charge is 2.19. The maximum Gasteiger partial charge on any atom is 0.254 e. The zero-order valence-electron chi connectivity index (χ0n) is 13.4. The molecule has 0 saturated carbocycles. The number of rotatable bonds is 7. The second-order valence-corrected chi connectivity index (χ2v) is 5.12. The molecular weight excluding hydrogens is 250 g/mol. The van der Waals surface area contributed by atoms with Crippen molar-refractivity contribution in [2.24, 2.45) is 0 Å². The zero-order chi connectivity index (χ0) is 15.1. The number of hydrogen-bond donors (Lipinski definition) is 1. The van der Waals surface area contributed by atoms with Gasteiger partial charge in [-0.3, -0.25) is 4.79 Å². The first-order valence-electron chi connectivity index (χ1n) is 7.53. The van der Waals surface area contributed by atoms with E-state index in [1.165, 1.54) is 0 Å². The molecule has 0 unspecified atom stereocenters. The number of aryl methyl sites for hydroxylation is 1. The Hall–Kier alpha value is -1.58. The molecule has 0 fully saturated rings. The van der Waals surface area contributed by atoms with Gasteiger partial charge >= 0.3 is 0 Å². The van der Waals surface area contributed by atoms with E-state index in [4.69, 9.17) is 0 Å². The Morgan fingerprint density at radius 2 is 1.95 bits per heavy atom. The summed E-state index contributed by atoms with van der Waals surface area (Å²) in [5.41, 5.74) is 1.70. The number of aromatic nitrogens is 1. The highest BCUT2D eigenvalue weighted by Crippen LogP contribution is 2.16. The van der Waals surface area contributed by atoms with Crippen molar-refractivity contribution >= 4 is 11.7 Å². The van der Waals surface area contributed by atoms with E-state index in [-0.39, 0.29) is 5.91 Å². The molecule has 20 heavy (non-hydrogen) atoms. The third kappa shape index (κ3) is 3.95. The third-order valence-corrected chi connectivity index (χ3v) is 3.70. The summed E-state index contributed by atoms with van der Waals surface area (Å²) >= 11 is 0. The van der Waals surface area contributed by atoms with Crippen LogP contribution in [0.25, 0.3) is 0 Å². The molecule has 0 aliphatic carbocycles. The molecular formula is C16H27N3O. The molecule has 0 atom stereocenters. The molecule has 4 heteroatoms. The van der Waals surface area contributed by atoms with Crippen LogP contribution in [-0.4, -0.2) is 35.9 Å². The van der Waals surface area contributed by atoms with Gasteiger partial charge in [0, 0.05) is 31.4 Å². The summed E-state index contributed by atoms with van der Waals surface area (Å²) in [5.74, 6) is 0.840. The van der Waals surface area contributed by atoms with Gasteiger partial charge in [-0.25, -0.2) is 4.98 Å². The summed E-state index contributed by atoms with van der Waals surface area (Å²) in [5, 5.41) is 3.04. The van der Waals surface area contributed by atoms with Crippen molar-refractivity contribution in [3.05, 3.63) is 23.4 Å². The van der Waals surface area contributed by atoms with E-state index in [0.717, 1.165) is 42.8 Å². The fraction of sp³-hybridized carbons (Fsp3) is 0.625. The van der Waals surface area contributed by atoms with Gasteiger partial charge in [-0.1, -0.05) is 27.2 Å². The van der Waals surface area contributed by atoms with Gasteiger partial charge in [-0.15, -0.1) is 0 Å². The number of hydrogen-bond acceptors (Lipinski definition) is 3. The first kappa shape index (κ1) is 16.5. The molecule has 1 rings (SSSR count). The first-order chi connectivity index (χ1) is 9.57. The molecule has 1 N–H and O–H groups in total. The monoisotopic (exact) mass is 277 g/mol. The number of nitrogens with one attached hydrogen (secondary N) is 1. The lowest BCUT2D eigenvalue weighted by Crippen LogP contribution is -2.36. The molecule has 4 nitrogen and oxygen atoms in total. The molecule has 0 aromatic carbocycles. The van der Waals surface area contributed by atoms with Crippen LogP contribution in [0, 0.1) is 0 Å². The van der Waals surface area contributed by atoms with Crippen LogP contribution in [-0.2, 0) is 6.42 Å². The van der Waals surface area contributed by atoms with Gasteiger partial charge < -0.3 is 10.2 Å². The van der Waals surface area contributed by atoms with Crippen LogP contribution < -0.4 is 5.32 Å². The van der Waals surface area contributed by atoms with Crippen LogP contribution in [0.4, 0.5) is 5.82 Å². The van der Waals surface area contributed by atoms with E-state index >= 15 is 0 Å². The van der Waals surface area contributed by atoms with Crippen molar-refractivity contribution in [2.75, 3.05) is 19.4 Å². The van der Waals surface area contributed by atoms with E-state index < -0.39 is 0 Å². The standard InChI is InChI=1S/C16H27N3O/c1-6-9-13-10-12(11-15(17-4)18-13)16(20)19(5)14(7-2)8-3/h10-11,14H,6-9H2,1-5H3,(H,17,18). The fourth-order valence-corrected chi connectivity index (χ4v) is 2.43. The van der Waals surface area contributed by atoms with Gasteiger partial charge in [-0.05, 0) is 31.4 Å². The maximum absolute atomic E-state index is 12.6. The van der Waals surface area contributed by atoms with Gasteiger partial charge in [-0.2, -0.15) is 0 Å². The molecule has 1 heterocycles. The van der Waals surface area contributed by atoms with Crippen molar-refractivity contribution < 1.29 is 4.79 Å². The molecule has 1 aromatic heterocycles. The number of nitrogens with zero attached hydrogens (tertiary/aromatic N) is 2. The summed E-state index contributed by atoms with van der Waals surface area (Å²) < 4.78 is 0. The zero-order valence-corrected chi connectivity index (χ0v) is 13.4. The molecule has 0 radical (unpaired) electrons. The number of carbonyl (C=O) groups excluding carboxylic acids is 1. The Kier molecular flexibility index (Phi) is 6.49. The summed E-state index contributed by atoms with van der Waals surface area (Å²) in [7, 11) is 3.72. The number of amides is 1. The second kappa shape index (κ2) is 7.88. The van der Waals surface area contributed by atoms with Gasteiger partial charge in [0.25, 0.3) is 5.91 Å². The Morgan fingerprint density at radius 3 is 2.45 bits per heavy atom. The predicted molar refractivity (Wildman–Crippen MR) is 84.2 cm³/mol. The average molecular weight is 277 g/mol. The van der Waals surface area contributed by atoms with Crippen molar-refractivity contribution in [1.82, 2.24) is 9.88 Å². The molecule has 1 aromatic rings. The van der Waals surface area contributed by atoms with Crippen LogP contribution in [0.2, 0.25) is 0 Å². The third-order valence-electron chi connectivity index (χ3n) is 3.70. The second-order valence-electron chi connectivity index (χ2n) is 5.12. The van der Waals surface area contributed by atoms with E-state index in [9.17, 15) is 4.79 Å². The van der Waals surface area contributed by atoms with Gasteiger partial charge in [0.05, 0.1) is 0 Å². The minimum atomic E-state index is 0.0787. The van der Waals surface area contributed by atoms with Gasteiger partial charge in [0.15, 0.2) is 0 Å². The first-order valence-corrected chi connectivity index (χ1v) is 7.53. The number of pyridine rings is 1. The summed E-state index contributed by atoms with van der Waals surface area (Å²) in [6, 6.07) is 4.05. The lowest BCUT2D eigenvalue weighted by molar-refractivity contribution is 0.0723. The van der Waals surface area contributed by atoms with E-state index in [1.807, 2.05) is 31.1 Å². The van der Waals surface area contributed by atoms with Gasteiger partial charge in [0.1, 0.15) is 5.82 Å². The molecule has 0 spiro atoms. The highest BCUT2D eigenvalue weighted by atomic mass is 16.2. The minimum Gasteiger partial charge on any atom is -0.373 e. The highest BCUT2D eigenvalue weighted by molar-refractivity contribution is 5.95. The Morgan fingerprint density at radius 1 is 1.30 bits per heavy atom. The lowest BCUT2D eigenvalue weighted by atomic mass is 10.1. The summed E-state index contributed by atoms with van der Waals surface area (Å²) in [4.78, 5) is 18.9. The van der Waals surface area contributed by atoms with Crippen LogP contribution in [0.15, 0.2) is 12.1 Å². The number of anilines is 1. The van der Waals surface area contributed by atoms with Crippen LogP contribution in [0.5, 0.6) is 0 Å². The lowest BCUT2D eigenvalue weighted by Gasteiger charge is -2.26. The molecule has 0 bridgehead atoms. The minimum absolute atomic E-state index is 0.0787. The van der Waals surface area contributed by atoms with Gasteiger partial charge in [0.2, 0.25) is 0 Å². The average Bonchev–Trinajstić information content (AvgIpc) is 2.47. The normalized spacial score (nSPS) is 10.7. The van der Waals surface area contributed by atoms with Crippen molar-refractivity contribution in [2.45, 2.75) is 52.5 Å². The topological polar surface area (TPSA) is 45.2 Å². The Bertz CT molecular complexity index is 441. The molecule has 0 aliphatic rings. The fourth-order valence-electron chi connectivity index (χ4n) is 2.43. The van der Waals surface area contributed by atoms with E-state index in [1.54, 1.807) is 0 Å². The predicted octanol–water partition coefficient (Wildman–Crippen LogP) is 3.34. The van der Waals surface area contributed by atoms with Crippen LogP contribution in [0.1, 0.15) is 56.1 Å². The van der Waals surface area contributed by atoms with E-state index in [0.29, 0.717) is 6.04 Å². The summed E-state index contributed by atoms with van der Waals surface area (Å²) in [6.45, 7) is 6.35. The van der Waals surface area contributed by atoms with Crippen LogP contribution in [0.3, 0.4) is 0 Å². The molecule has 0 aliphatic heterocycles. The SMILES string of the molecule is CCCc1cc(C(=O)N(C)C(CC)CC)cc(NC)n1. The Labute approximate surface area is 122 Å². The smallest absolute Gasteiger partial charge is 0.254 e. The molecule has 1 amide bonds. The van der Waals surface area contributed by atoms with E-state index in [2.05, 4.69) is 31.1 Å². The molecule has 112 valence electrons. The molecule has 0 saturated heterocycles. The quantitative estimate of drug-likeness (QED) is 0.831. The largest absolute Gasteiger partial charge is 0.373 e. The van der Waals surface area contributed by atoms with Crippen molar-refractivity contribution in [3.8, 4) is 0 Å². The Balaban J connectivity index is 3.04. The maximum atomic E-state index is 12.6. The number of carbonyl (C=O) groups is 1. The van der Waals surface area contributed by atoms with Crippen molar-refractivity contribution in [3.63, 3.8) is 0 Å². The van der Waals surface area contributed by atoms with Crippen molar-refractivity contribution in [1.29, 1.82) is 0 Å². The summed E-state index contributed by atoms with van der Waals surface area (Å²) in [6.07, 6.45) is 3.87. The van der Waals surface area contributed by atoms with Crippen LogP contribution >= 0.6 is 0 Å².